The zero-order valence-electron chi connectivity index (χ0n) is 6.84. The molecule has 0 bridgehead atoms. The van der Waals surface area contributed by atoms with E-state index in [0.717, 1.165) is 5.92 Å². The van der Waals surface area contributed by atoms with E-state index in [2.05, 4.69) is 11.9 Å². The van der Waals surface area contributed by atoms with Gasteiger partial charge in [0.15, 0.2) is 0 Å². The van der Waals surface area contributed by atoms with E-state index in [-0.39, 0.29) is 0 Å². The molecule has 1 rings (SSSR count). The van der Waals surface area contributed by atoms with Gasteiger partial charge in [0.25, 0.3) is 0 Å². The summed E-state index contributed by atoms with van der Waals surface area (Å²) in [6.45, 7) is 1.87. The van der Waals surface area contributed by atoms with Gasteiger partial charge in [0.1, 0.15) is 0 Å². The maximum absolute atomic E-state index is 5.43. The summed E-state index contributed by atoms with van der Waals surface area (Å²) >= 11 is 0. The Morgan fingerprint density at radius 1 is 1.50 bits per heavy atom. The number of nitrogens with two attached hydrogens (primary N) is 1. The number of rotatable bonds is 5. The second-order valence-electron chi connectivity index (χ2n) is 3.35. The van der Waals surface area contributed by atoms with Crippen molar-refractivity contribution in [3.8, 4) is 0 Å². The third kappa shape index (κ3) is 3.18. The normalized spacial score (nSPS) is 18.3. The first-order valence-corrected chi connectivity index (χ1v) is 4.21. The van der Waals surface area contributed by atoms with Crippen LogP contribution in [0.2, 0.25) is 0 Å². The standard InChI is InChI=1S/C8H18N2/c1-10(7-9)6-2-3-8-4-5-8/h8H,2-7,9H2,1H3. The Kier molecular flexibility index (Phi) is 3.16. The fraction of sp³-hybridized carbons (Fsp3) is 1.00. The van der Waals surface area contributed by atoms with Gasteiger partial charge in [-0.3, -0.25) is 4.90 Å². The lowest BCUT2D eigenvalue weighted by molar-refractivity contribution is 0.332. The van der Waals surface area contributed by atoms with E-state index in [1.165, 1.54) is 32.2 Å². The average Bonchev–Trinajstić information content (AvgIpc) is 2.71. The van der Waals surface area contributed by atoms with Gasteiger partial charge in [0.05, 0.1) is 0 Å². The van der Waals surface area contributed by atoms with Crippen molar-refractivity contribution in [3.05, 3.63) is 0 Å². The molecule has 1 aliphatic carbocycles. The second kappa shape index (κ2) is 3.94. The predicted molar refractivity (Wildman–Crippen MR) is 43.6 cm³/mol. The number of hydrogen-bond donors (Lipinski definition) is 1. The summed E-state index contributed by atoms with van der Waals surface area (Å²) in [5, 5.41) is 0. The van der Waals surface area contributed by atoms with Crippen LogP contribution in [-0.2, 0) is 0 Å². The van der Waals surface area contributed by atoms with Crippen molar-refractivity contribution in [1.29, 1.82) is 0 Å². The Balaban J connectivity index is 1.83. The molecule has 60 valence electrons. The van der Waals surface area contributed by atoms with Crippen LogP contribution in [0.1, 0.15) is 25.7 Å². The third-order valence-corrected chi connectivity index (χ3v) is 2.16. The van der Waals surface area contributed by atoms with Crippen LogP contribution in [0, 0.1) is 5.92 Å². The third-order valence-electron chi connectivity index (χ3n) is 2.16. The van der Waals surface area contributed by atoms with Gasteiger partial charge in [-0.25, -0.2) is 0 Å². The van der Waals surface area contributed by atoms with E-state index in [0.29, 0.717) is 6.67 Å². The monoisotopic (exact) mass is 142 g/mol. The van der Waals surface area contributed by atoms with Gasteiger partial charge in [-0.05, 0) is 32.4 Å². The fourth-order valence-electron chi connectivity index (χ4n) is 1.15. The molecule has 0 amide bonds. The van der Waals surface area contributed by atoms with E-state index in [1.54, 1.807) is 0 Å². The van der Waals surface area contributed by atoms with Crippen LogP contribution in [0.5, 0.6) is 0 Å². The summed E-state index contributed by atoms with van der Waals surface area (Å²) in [7, 11) is 2.08. The Labute approximate surface area is 63.4 Å². The molecule has 1 aliphatic rings. The lowest BCUT2D eigenvalue weighted by Crippen LogP contribution is -2.26. The van der Waals surface area contributed by atoms with Crippen LogP contribution in [0.15, 0.2) is 0 Å². The van der Waals surface area contributed by atoms with Crippen molar-refractivity contribution in [2.45, 2.75) is 25.7 Å². The molecule has 10 heavy (non-hydrogen) atoms. The number of hydrogen-bond acceptors (Lipinski definition) is 2. The van der Waals surface area contributed by atoms with Crippen LogP contribution in [-0.4, -0.2) is 25.2 Å². The maximum Gasteiger partial charge on any atom is 0.0452 e. The fourth-order valence-corrected chi connectivity index (χ4v) is 1.15. The van der Waals surface area contributed by atoms with Crippen LogP contribution >= 0.6 is 0 Å². The van der Waals surface area contributed by atoms with Gasteiger partial charge < -0.3 is 5.73 Å². The lowest BCUT2D eigenvalue weighted by Gasteiger charge is -2.12. The highest BCUT2D eigenvalue weighted by Gasteiger charge is 2.20. The van der Waals surface area contributed by atoms with Gasteiger partial charge in [-0.2, -0.15) is 0 Å². The molecule has 0 saturated heterocycles. The molecule has 0 aliphatic heterocycles. The predicted octanol–water partition coefficient (Wildman–Crippen LogP) is 1.02. The van der Waals surface area contributed by atoms with Crippen LogP contribution < -0.4 is 5.73 Å². The first kappa shape index (κ1) is 8.02. The molecule has 0 unspecified atom stereocenters. The van der Waals surface area contributed by atoms with E-state index >= 15 is 0 Å². The molecule has 0 aromatic heterocycles. The van der Waals surface area contributed by atoms with Crippen molar-refractivity contribution in [2.75, 3.05) is 20.3 Å². The molecule has 0 radical (unpaired) electrons. The summed E-state index contributed by atoms with van der Waals surface area (Å²) in [6.07, 6.45) is 5.71. The highest BCUT2D eigenvalue weighted by molar-refractivity contribution is 4.72. The zero-order valence-corrected chi connectivity index (χ0v) is 6.84. The van der Waals surface area contributed by atoms with Gasteiger partial charge in [-0.1, -0.05) is 12.8 Å². The molecule has 1 fully saturated rings. The second-order valence-corrected chi connectivity index (χ2v) is 3.35. The molecule has 0 spiro atoms. The molecule has 0 atom stereocenters. The lowest BCUT2D eigenvalue weighted by atomic mass is 10.2. The molecule has 0 aromatic carbocycles. The molecule has 1 saturated carbocycles. The Bertz CT molecular complexity index is 89.3. The van der Waals surface area contributed by atoms with Crippen LogP contribution in [0.3, 0.4) is 0 Å². The zero-order chi connectivity index (χ0) is 7.40. The summed E-state index contributed by atoms with van der Waals surface area (Å²) in [5.41, 5.74) is 5.43. The minimum Gasteiger partial charge on any atom is -0.318 e. The molecule has 0 aromatic rings. The van der Waals surface area contributed by atoms with Crippen LogP contribution in [0.25, 0.3) is 0 Å². The van der Waals surface area contributed by atoms with Gasteiger partial charge >= 0.3 is 0 Å². The summed E-state index contributed by atoms with van der Waals surface area (Å²) in [4.78, 5) is 2.17. The van der Waals surface area contributed by atoms with Crippen molar-refractivity contribution >= 4 is 0 Å². The molecule has 2 N–H and O–H groups in total. The molecule has 0 heterocycles. The average molecular weight is 142 g/mol. The minimum atomic E-state index is 0.699. The van der Waals surface area contributed by atoms with Gasteiger partial charge in [0.2, 0.25) is 0 Å². The van der Waals surface area contributed by atoms with Crippen molar-refractivity contribution in [3.63, 3.8) is 0 Å². The van der Waals surface area contributed by atoms with E-state index in [1.807, 2.05) is 0 Å². The van der Waals surface area contributed by atoms with Crippen LogP contribution in [0.4, 0.5) is 0 Å². The van der Waals surface area contributed by atoms with Crippen molar-refractivity contribution in [2.24, 2.45) is 11.7 Å². The Morgan fingerprint density at radius 3 is 2.70 bits per heavy atom. The highest BCUT2D eigenvalue weighted by Crippen LogP contribution is 2.33. The minimum absolute atomic E-state index is 0.699. The van der Waals surface area contributed by atoms with E-state index < -0.39 is 0 Å². The van der Waals surface area contributed by atoms with Gasteiger partial charge in [-0.15, -0.1) is 0 Å². The SMILES string of the molecule is CN(CN)CCCC1CC1. The van der Waals surface area contributed by atoms with Crippen molar-refractivity contribution < 1.29 is 0 Å². The summed E-state index contributed by atoms with van der Waals surface area (Å²) in [5.74, 6) is 1.08. The maximum atomic E-state index is 5.43. The number of nitrogens with zero attached hydrogens (tertiary/aromatic N) is 1. The smallest absolute Gasteiger partial charge is 0.0452 e. The molecule has 2 heteroatoms. The Hall–Kier alpha value is -0.0800. The summed E-state index contributed by atoms with van der Waals surface area (Å²) in [6, 6.07) is 0. The first-order valence-electron chi connectivity index (χ1n) is 4.21. The largest absolute Gasteiger partial charge is 0.318 e. The topological polar surface area (TPSA) is 29.3 Å². The quantitative estimate of drug-likeness (QED) is 0.581. The van der Waals surface area contributed by atoms with E-state index in [4.69, 9.17) is 5.73 Å². The molecular formula is C8H18N2. The van der Waals surface area contributed by atoms with Crippen molar-refractivity contribution in [1.82, 2.24) is 4.90 Å². The summed E-state index contributed by atoms with van der Waals surface area (Å²) < 4.78 is 0. The molecular weight excluding hydrogens is 124 g/mol. The first-order chi connectivity index (χ1) is 4.83. The highest BCUT2D eigenvalue weighted by atomic mass is 15.1. The van der Waals surface area contributed by atoms with Gasteiger partial charge in [0, 0.05) is 6.67 Å². The molecule has 2 nitrogen and oxygen atoms in total. The Morgan fingerprint density at radius 2 is 2.20 bits per heavy atom. The van der Waals surface area contributed by atoms with E-state index in [9.17, 15) is 0 Å².